The molecule has 0 aromatic heterocycles. The van der Waals surface area contributed by atoms with E-state index in [0.717, 1.165) is 18.7 Å². The molecule has 1 heterocycles. The number of piperidine rings is 1. The Morgan fingerprint density at radius 1 is 1.69 bits per heavy atom. The number of aliphatic hydroxyl groups is 1. The maximum atomic E-state index is 11.9. The zero-order valence-electron chi connectivity index (χ0n) is 10.1. The molecule has 4 nitrogen and oxygen atoms in total. The number of hydrogen-bond donors (Lipinski definition) is 2. The van der Waals surface area contributed by atoms with E-state index in [1.54, 1.807) is 16.7 Å². The molecular formula is C11H22N2O2S. The number of rotatable bonds is 4. The lowest BCUT2D eigenvalue weighted by molar-refractivity contribution is -0.136. The first-order chi connectivity index (χ1) is 7.56. The average molecular weight is 246 g/mol. The van der Waals surface area contributed by atoms with Gasteiger partial charge in [-0.1, -0.05) is 6.92 Å². The molecule has 1 aliphatic heterocycles. The van der Waals surface area contributed by atoms with Crippen LogP contribution in [0.1, 0.15) is 19.8 Å². The zero-order chi connectivity index (χ0) is 12.1. The molecule has 1 saturated heterocycles. The molecule has 0 spiro atoms. The average Bonchev–Trinajstić information content (AvgIpc) is 2.28. The third kappa shape index (κ3) is 3.64. The van der Waals surface area contributed by atoms with Crippen molar-refractivity contribution in [3.63, 3.8) is 0 Å². The van der Waals surface area contributed by atoms with Crippen molar-refractivity contribution in [1.29, 1.82) is 0 Å². The molecule has 0 aliphatic carbocycles. The summed E-state index contributed by atoms with van der Waals surface area (Å²) < 4.78 is 0. The minimum absolute atomic E-state index is 0.0139. The van der Waals surface area contributed by atoms with Gasteiger partial charge in [0, 0.05) is 13.1 Å². The van der Waals surface area contributed by atoms with Gasteiger partial charge in [-0.25, -0.2) is 0 Å². The van der Waals surface area contributed by atoms with Crippen LogP contribution in [0.4, 0.5) is 0 Å². The molecule has 0 aromatic rings. The summed E-state index contributed by atoms with van der Waals surface area (Å²) in [6.45, 7) is 3.18. The normalized spacial score (nSPS) is 27.9. The van der Waals surface area contributed by atoms with Gasteiger partial charge in [0.25, 0.3) is 0 Å². The Morgan fingerprint density at radius 3 is 2.94 bits per heavy atom. The fraction of sp³-hybridized carbons (Fsp3) is 0.909. The van der Waals surface area contributed by atoms with E-state index >= 15 is 0 Å². The van der Waals surface area contributed by atoms with E-state index in [4.69, 9.17) is 5.73 Å². The third-order valence-corrected chi connectivity index (χ3v) is 3.82. The number of nitrogens with zero attached hydrogens (tertiary/aromatic N) is 1. The summed E-state index contributed by atoms with van der Waals surface area (Å²) in [5.41, 5.74) is 5.83. The van der Waals surface area contributed by atoms with Gasteiger partial charge in [-0.05, 0) is 30.8 Å². The second kappa shape index (κ2) is 6.47. The quantitative estimate of drug-likeness (QED) is 0.748. The molecular weight excluding hydrogens is 224 g/mol. The maximum Gasteiger partial charge on any atom is 0.239 e. The van der Waals surface area contributed by atoms with Crippen LogP contribution in [0.15, 0.2) is 0 Å². The van der Waals surface area contributed by atoms with Crippen LogP contribution in [-0.2, 0) is 4.79 Å². The van der Waals surface area contributed by atoms with Gasteiger partial charge < -0.3 is 15.7 Å². The van der Waals surface area contributed by atoms with Crippen LogP contribution in [0.2, 0.25) is 0 Å². The lowest BCUT2D eigenvalue weighted by Crippen LogP contribution is -2.51. The Morgan fingerprint density at radius 2 is 2.38 bits per heavy atom. The van der Waals surface area contributed by atoms with E-state index in [9.17, 15) is 9.90 Å². The number of likely N-dealkylation sites (tertiary alicyclic amines) is 1. The highest BCUT2D eigenvalue weighted by Crippen LogP contribution is 2.17. The molecule has 2 unspecified atom stereocenters. The number of β-amino-alcohol motifs (C(OH)–C–C–N with tert-alkyl or cyclic N) is 1. The van der Waals surface area contributed by atoms with E-state index < -0.39 is 12.1 Å². The SMILES string of the molecule is CSCC[C@H](N)C(=O)N1CCC(C)C(O)C1. The predicted octanol–water partition coefficient (Wildman–Crippen LogP) is 0.296. The van der Waals surface area contributed by atoms with Crippen molar-refractivity contribution >= 4 is 17.7 Å². The summed E-state index contributed by atoms with van der Waals surface area (Å²) in [5.74, 6) is 1.17. The van der Waals surface area contributed by atoms with Crippen molar-refractivity contribution in [1.82, 2.24) is 4.90 Å². The summed E-state index contributed by atoms with van der Waals surface area (Å²) >= 11 is 1.69. The van der Waals surface area contributed by atoms with E-state index in [0.29, 0.717) is 13.0 Å². The summed E-state index contributed by atoms with van der Waals surface area (Å²) in [7, 11) is 0. The van der Waals surface area contributed by atoms with Gasteiger partial charge in [0.1, 0.15) is 0 Å². The van der Waals surface area contributed by atoms with Gasteiger partial charge in [-0.3, -0.25) is 4.79 Å². The molecule has 1 amide bonds. The second-order valence-corrected chi connectivity index (χ2v) is 5.49. The van der Waals surface area contributed by atoms with Crippen molar-refractivity contribution in [3.05, 3.63) is 0 Å². The van der Waals surface area contributed by atoms with Gasteiger partial charge in [0.2, 0.25) is 5.91 Å². The minimum Gasteiger partial charge on any atom is -0.391 e. The maximum absolute atomic E-state index is 11.9. The summed E-state index contributed by atoms with van der Waals surface area (Å²) in [6, 6.07) is -0.409. The molecule has 3 atom stereocenters. The standard InChI is InChI=1S/C11H22N2O2S/c1-8-3-5-13(7-10(8)14)11(15)9(12)4-6-16-2/h8-10,14H,3-7,12H2,1-2H3/t8?,9-,10?/m0/s1. The fourth-order valence-corrected chi connectivity index (χ4v) is 2.34. The molecule has 0 aromatic carbocycles. The van der Waals surface area contributed by atoms with Crippen LogP contribution in [0.25, 0.3) is 0 Å². The Hall–Kier alpha value is -0.260. The largest absolute Gasteiger partial charge is 0.391 e. The molecule has 3 N–H and O–H groups in total. The Bertz CT molecular complexity index is 238. The monoisotopic (exact) mass is 246 g/mol. The van der Waals surface area contributed by atoms with E-state index in [-0.39, 0.29) is 11.8 Å². The van der Waals surface area contributed by atoms with Gasteiger partial charge in [-0.2, -0.15) is 11.8 Å². The molecule has 16 heavy (non-hydrogen) atoms. The van der Waals surface area contributed by atoms with E-state index in [1.165, 1.54) is 0 Å². The Balaban J connectivity index is 2.42. The molecule has 0 saturated carbocycles. The molecule has 1 fully saturated rings. The van der Waals surface area contributed by atoms with Gasteiger partial charge in [0.05, 0.1) is 12.1 Å². The molecule has 1 aliphatic rings. The second-order valence-electron chi connectivity index (χ2n) is 4.51. The number of nitrogens with two attached hydrogens (primary N) is 1. The number of carbonyl (C=O) groups is 1. The third-order valence-electron chi connectivity index (χ3n) is 3.18. The Kier molecular flexibility index (Phi) is 5.58. The summed E-state index contributed by atoms with van der Waals surface area (Å²) in [4.78, 5) is 13.6. The molecule has 5 heteroatoms. The van der Waals surface area contributed by atoms with Crippen LogP contribution in [-0.4, -0.2) is 53.2 Å². The van der Waals surface area contributed by atoms with E-state index in [2.05, 4.69) is 0 Å². The van der Waals surface area contributed by atoms with Crippen LogP contribution in [0.5, 0.6) is 0 Å². The first-order valence-corrected chi connectivity index (χ1v) is 7.17. The summed E-state index contributed by atoms with van der Waals surface area (Å²) in [6.07, 6.45) is 3.18. The van der Waals surface area contributed by atoms with Crippen molar-refractivity contribution in [3.8, 4) is 0 Å². The highest BCUT2D eigenvalue weighted by Gasteiger charge is 2.29. The fourth-order valence-electron chi connectivity index (χ4n) is 1.85. The van der Waals surface area contributed by atoms with Crippen molar-refractivity contribution in [2.45, 2.75) is 31.9 Å². The van der Waals surface area contributed by atoms with Crippen LogP contribution in [0, 0.1) is 5.92 Å². The number of hydrogen-bond acceptors (Lipinski definition) is 4. The smallest absolute Gasteiger partial charge is 0.239 e. The first kappa shape index (κ1) is 13.8. The van der Waals surface area contributed by atoms with Gasteiger partial charge in [0.15, 0.2) is 0 Å². The first-order valence-electron chi connectivity index (χ1n) is 5.77. The topological polar surface area (TPSA) is 66.6 Å². The molecule has 1 rings (SSSR count). The zero-order valence-corrected chi connectivity index (χ0v) is 10.9. The number of amides is 1. The van der Waals surface area contributed by atoms with Crippen LogP contribution >= 0.6 is 11.8 Å². The predicted molar refractivity (Wildman–Crippen MR) is 67.3 cm³/mol. The van der Waals surface area contributed by atoms with Crippen molar-refractivity contribution < 1.29 is 9.90 Å². The van der Waals surface area contributed by atoms with E-state index in [1.807, 2.05) is 13.2 Å². The number of thioether (sulfide) groups is 1. The van der Waals surface area contributed by atoms with Crippen LogP contribution < -0.4 is 5.73 Å². The lowest BCUT2D eigenvalue weighted by Gasteiger charge is -2.35. The molecule has 0 bridgehead atoms. The Labute approximate surface area is 102 Å². The lowest BCUT2D eigenvalue weighted by atomic mass is 9.95. The van der Waals surface area contributed by atoms with Crippen LogP contribution in [0.3, 0.4) is 0 Å². The molecule has 94 valence electrons. The number of aliphatic hydroxyl groups excluding tert-OH is 1. The van der Waals surface area contributed by atoms with Gasteiger partial charge in [-0.15, -0.1) is 0 Å². The van der Waals surface area contributed by atoms with Crippen molar-refractivity contribution in [2.24, 2.45) is 11.7 Å². The summed E-state index contributed by atoms with van der Waals surface area (Å²) in [5, 5.41) is 9.72. The van der Waals surface area contributed by atoms with Gasteiger partial charge >= 0.3 is 0 Å². The molecule has 0 radical (unpaired) electrons. The highest BCUT2D eigenvalue weighted by atomic mass is 32.2. The number of carbonyl (C=O) groups excluding carboxylic acids is 1. The van der Waals surface area contributed by atoms with Crippen molar-refractivity contribution in [2.75, 3.05) is 25.1 Å². The minimum atomic E-state index is -0.409. The highest BCUT2D eigenvalue weighted by molar-refractivity contribution is 7.98.